The van der Waals surface area contributed by atoms with Gasteiger partial charge >= 0.3 is 0 Å². The highest BCUT2D eigenvalue weighted by Gasteiger charge is 2.35. The molecule has 1 aromatic rings. The van der Waals surface area contributed by atoms with Crippen LogP contribution < -0.4 is 4.72 Å². The Balaban J connectivity index is 2.09. The maximum atomic E-state index is 12.5. The number of hydrogen-bond donors (Lipinski definition) is 1. The van der Waals surface area contributed by atoms with Gasteiger partial charge in [-0.3, -0.25) is 4.79 Å². The van der Waals surface area contributed by atoms with Gasteiger partial charge in [-0.05, 0) is 25.3 Å². The van der Waals surface area contributed by atoms with Crippen LogP contribution in [0.1, 0.15) is 36.9 Å². The lowest BCUT2D eigenvalue weighted by molar-refractivity contribution is -0.128. The van der Waals surface area contributed by atoms with E-state index in [1.54, 1.807) is 17.9 Å². The number of nitrogens with zero attached hydrogens (tertiary/aromatic N) is 1. The van der Waals surface area contributed by atoms with Crippen LogP contribution in [0.4, 0.5) is 0 Å². The summed E-state index contributed by atoms with van der Waals surface area (Å²) in [5.74, 6) is 0.0147. The molecular formula is C15H24N2O3S2. The van der Waals surface area contributed by atoms with Crippen LogP contribution in [0.2, 0.25) is 0 Å². The van der Waals surface area contributed by atoms with E-state index >= 15 is 0 Å². The highest BCUT2D eigenvalue weighted by atomic mass is 32.2. The molecule has 0 radical (unpaired) electrons. The molecule has 0 bridgehead atoms. The molecule has 5 nitrogen and oxygen atoms in total. The van der Waals surface area contributed by atoms with Crippen molar-refractivity contribution in [2.24, 2.45) is 5.41 Å². The van der Waals surface area contributed by atoms with Crippen molar-refractivity contribution >= 4 is 27.3 Å². The molecule has 1 aromatic heterocycles. The van der Waals surface area contributed by atoms with Gasteiger partial charge in [0.05, 0.1) is 4.90 Å². The summed E-state index contributed by atoms with van der Waals surface area (Å²) in [7, 11) is -3.56. The summed E-state index contributed by atoms with van der Waals surface area (Å²) >= 11 is 1.47. The zero-order valence-electron chi connectivity index (χ0n) is 13.8. The first kappa shape index (κ1) is 17.4. The van der Waals surface area contributed by atoms with Gasteiger partial charge in [0.1, 0.15) is 0 Å². The molecule has 1 atom stereocenters. The molecule has 1 amide bonds. The SMILES string of the molecule is Cc1cc(S(=O)(=O)NC2CC(=O)N(CC(C)(C)C)C2)c(C)s1. The van der Waals surface area contributed by atoms with Crippen LogP contribution in [0.25, 0.3) is 0 Å². The second-order valence-corrected chi connectivity index (χ2v) is 10.3. The monoisotopic (exact) mass is 344 g/mol. The van der Waals surface area contributed by atoms with E-state index in [0.29, 0.717) is 18.0 Å². The number of carbonyl (C=O) groups is 1. The fourth-order valence-electron chi connectivity index (χ4n) is 2.73. The molecule has 1 saturated heterocycles. The van der Waals surface area contributed by atoms with E-state index in [1.165, 1.54) is 11.3 Å². The van der Waals surface area contributed by atoms with E-state index in [-0.39, 0.29) is 23.8 Å². The maximum Gasteiger partial charge on any atom is 0.241 e. The zero-order valence-corrected chi connectivity index (χ0v) is 15.4. The Morgan fingerprint density at radius 1 is 1.36 bits per heavy atom. The fraction of sp³-hybridized carbons (Fsp3) is 0.667. The molecular weight excluding hydrogens is 320 g/mol. The van der Waals surface area contributed by atoms with Crippen LogP contribution in [0, 0.1) is 19.3 Å². The molecule has 1 aliphatic heterocycles. The highest BCUT2D eigenvalue weighted by molar-refractivity contribution is 7.89. The van der Waals surface area contributed by atoms with E-state index in [1.807, 2.05) is 6.92 Å². The maximum absolute atomic E-state index is 12.5. The van der Waals surface area contributed by atoms with Crippen LogP contribution in [0.5, 0.6) is 0 Å². The van der Waals surface area contributed by atoms with Gasteiger partial charge in [-0.25, -0.2) is 13.1 Å². The predicted molar refractivity (Wildman–Crippen MR) is 88.6 cm³/mol. The second-order valence-electron chi connectivity index (χ2n) is 7.13. The molecule has 2 rings (SSSR count). The number of likely N-dealkylation sites (tertiary alicyclic amines) is 1. The summed E-state index contributed by atoms with van der Waals surface area (Å²) in [6.45, 7) is 11.0. The van der Waals surface area contributed by atoms with Crippen molar-refractivity contribution in [2.75, 3.05) is 13.1 Å². The first-order valence-corrected chi connectivity index (χ1v) is 9.65. The lowest BCUT2D eigenvalue weighted by atomic mass is 9.96. The third-order valence-electron chi connectivity index (χ3n) is 3.49. The van der Waals surface area contributed by atoms with Gasteiger partial charge in [-0.2, -0.15) is 0 Å². The number of sulfonamides is 1. The molecule has 1 fully saturated rings. The topological polar surface area (TPSA) is 66.5 Å². The summed E-state index contributed by atoms with van der Waals surface area (Å²) in [4.78, 5) is 15.9. The molecule has 1 N–H and O–H groups in total. The Morgan fingerprint density at radius 3 is 2.50 bits per heavy atom. The number of nitrogens with one attached hydrogen (secondary N) is 1. The van der Waals surface area contributed by atoms with E-state index in [2.05, 4.69) is 25.5 Å². The third-order valence-corrected chi connectivity index (χ3v) is 6.23. The van der Waals surface area contributed by atoms with Gasteiger partial charge in [0, 0.05) is 35.3 Å². The normalized spacial score (nSPS) is 20.0. The average Bonchev–Trinajstić information content (AvgIpc) is 2.80. The van der Waals surface area contributed by atoms with Gasteiger partial charge in [0.2, 0.25) is 15.9 Å². The van der Waals surface area contributed by atoms with E-state index in [4.69, 9.17) is 0 Å². The summed E-state index contributed by atoms with van der Waals surface area (Å²) in [6, 6.07) is 1.34. The van der Waals surface area contributed by atoms with Crippen LogP contribution in [-0.2, 0) is 14.8 Å². The molecule has 0 spiro atoms. The van der Waals surface area contributed by atoms with Crippen molar-refractivity contribution in [1.29, 1.82) is 0 Å². The van der Waals surface area contributed by atoms with E-state index in [0.717, 1.165) is 9.75 Å². The molecule has 1 unspecified atom stereocenters. The molecule has 124 valence electrons. The Bertz CT molecular complexity index is 671. The van der Waals surface area contributed by atoms with Crippen molar-refractivity contribution in [3.63, 3.8) is 0 Å². The number of rotatable bonds is 4. The fourth-order valence-corrected chi connectivity index (χ4v) is 5.52. The summed E-state index contributed by atoms with van der Waals surface area (Å²) in [6.07, 6.45) is 0.234. The molecule has 7 heteroatoms. The first-order chi connectivity index (χ1) is 9.98. The number of carbonyl (C=O) groups excluding carboxylic acids is 1. The smallest absolute Gasteiger partial charge is 0.241 e. The lowest BCUT2D eigenvalue weighted by Crippen LogP contribution is -2.39. The van der Waals surface area contributed by atoms with Crippen LogP contribution >= 0.6 is 11.3 Å². The summed E-state index contributed by atoms with van der Waals surface area (Å²) < 4.78 is 27.7. The van der Waals surface area contributed by atoms with Gasteiger partial charge in [-0.1, -0.05) is 20.8 Å². The van der Waals surface area contributed by atoms with Gasteiger partial charge in [0.15, 0.2) is 0 Å². The molecule has 0 aromatic carbocycles. The average molecular weight is 345 g/mol. The lowest BCUT2D eigenvalue weighted by Gasteiger charge is -2.26. The van der Waals surface area contributed by atoms with Crippen molar-refractivity contribution in [2.45, 2.75) is 52.0 Å². The minimum Gasteiger partial charge on any atom is -0.341 e. The van der Waals surface area contributed by atoms with Crippen molar-refractivity contribution in [3.8, 4) is 0 Å². The van der Waals surface area contributed by atoms with Crippen LogP contribution in [-0.4, -0.2) is 38.4 Å². The van der Waals surface area contributed by atoms with Crippen LogP contribution in [0.15, 0.2) is 11.0 Å². The molecule has 0 saturated carbocycles. The van der Waals surface area contributed by atoms with Crippen molar-refractivity contribution < 1.29 is 13.2 Å². The van der Waals surface area contributed by atoms with E-state index in [9.17, 15) is 13.2 Å². The number of hydrogen-bond acceptors (Lipinski definition) is 4. The molecule has 1 aliphatic rings. The predicted octanol–water partition coefficient (Wildman–Crippen LogP) is 2.29. The Labute approximate surface area is 136 Å². The van der Waals surface area contributed by atoms with Gasteiger partial charge in [0.25, 0.3) is 0 Å². The quantitative estimate of drug-likeness (QED) is 0.911. The number of thiophene rings is 1. The Morgan fingerprint density at radius 2 is 2.00 bits per heavy atom. The Hall–Kier alpha value is -0.920. The van der Waals surface area contributed by atoms with Crippen LogP contribution in [0.3, 0.4) is 0 Å². The highest BCUT2D eigenvalue weighted by Crippen LogP contribution is 2.26. The Kier molecular flexibility index (Phi) is 4.71. The second kappa shape index (κ2) is 5.94. The summed E-state index contributed by atoms with van der Waals surface area (Å²) in [5.41, 5.74) is 0.00445. The van der Waals surface area contributed by atoms with E-state index < -0.39 is 10.0 Å². The number of amides is 1. The largest absolute Gasteiger partial charge is 0.341 e. The molecule has 2 heterocycles. The van der Waals surface area contributed by atoms with Gasteiger partial charge < -0.3 is 4.90 Å². The standard InChI is InChI=1S/C15H24N2O3S2/c1-10-6-13(11(2)21-10)22(19,20)16-12-7-14(18)17(8-12)9-15(3,4)5/h6,12,16H,7-9H2,1-5H3. The number of aryl methyl sites for hydroxylation is 2. The van der Waals surface area contributed by atoms with Gasteiger partial charge in [-0.15, -0.1) is 11.3 Å². The third kappa shape index (κ3) is 4.08. The zero-order chi connectivity index (χ0) is 16.7. The minimum atomic E-state index is -3.56. The first-order valence-electron chi connectivity index (χ1n) is 7.35. The van der Waals surface area contributed by atoms with Crippen molar-refractivity contribution in [1.82, 2.24) is 9.62 Å². The summed E-state index contributed by atoms with van der Waals surface area (Å²) in [5, 5.41) is 0. The van der Waals surface area contributed by atoms with Crippen molar-refractivity contribution in [3.05, 3.63) is 15.8 Å². The minimum absolute atomic E-state index is 0.00445. The molecule has 22 heavy (non-hydrogen) atoms. The molecule has 0 aliphatic carbocycles.